The first-order valence-corrected chi connectivity index (χ1v) is 11.1. The van der Waals surface area contributed by atoms with Crippen LogP contribution >= 0.6 is 11.3 Å². The average molecular weight is 395 g/mol. The van der Waals surface area contributed by atoms with E-state index in [1.807, 2.05) is 29.7 Å². The molecule has 2 atom stereocenters. The molecule has 1 aliphatic carbocycles. The molecule has 146 valence electrons. The second-order valence-electron chi connectivity index (χ2n) is 8.28. The summed E-state index contributed by atoms with van der Waals surface area (Å²) in [5.41, 5.74) is 2.43. The van der Waals surface area contributed by atoms with Crippen LogP contribution in [-0.2, 0) is 12.8 Å². The van der Waals surface area contributed by atoms with E-state index < -0.39 is 0 Å². The Bertz CT molecular complexity index is 987. The molecule has 0 radical (unpaired) electrons. The van der Waals surface area contributed by atoms with Gasteiger partial charge in [-0.2, -0.15) is 0 Å². The molecule has 6 heteroatoms. The van der Waals surface area contributed by atoms with Crippen LogP contribution in [0.3, 0.4) is 0 Å². The van der Waals surface area contributed by atoms with Gasteiger partial charge in [-0.3, -0.25) is 4.98 Å². The molecule has 0 bridgehead atoms. The van der Waals surface area contributed by atoms with Gasteiger partial charge in [-0.1, -0.05) is 6.92 Å². The fourth-order valence-corrected chi connectivity index (χ4v) is 5.96. The molecule has 4 heterocycles. The minimum absolute atomic E-state index is 0.249. The maximum Gasteiger partial charge on any atom is 0.164 e. The number of aliphatic hydroxyl groups is 1. The van der Waals surface area contributed by atoms with Gasteiger partial charge in [-0.05, 0) is 61.6 Å². The number of anilines is 1. The van der Waals surface area contributed by atoms with E-state index in [-0.39, 0.29) is 6.61 Å². The molecular formula is C22H26N4OS. The van der Waals surface area contributed by atoms with Crippen LogP contribution in [0, 0.1) is 11.8 Å². The first-order chi connectivity index (χ1) is 13.7. The summed E-state index contributed by atoms with van der Waals surface area (Å²) in [7, 11) is 0. The average Bonchev–Trinajstić information content (AvgIpc) is 3.11. The molecule has 1 N–H and O–H groups in total. The van der Waals surface area contributed by atoms with E-state index in [2.05, 4.69) is 16.8 Å². The molecule has 0 spiro atoms. The third kappa shape index (κ3) is 3.18. The van der Waals surface area contributed by atoms with Gasteiger partial charge in [0.15, 0.2) is 5.82 Å². The first kappa shape index (κ1) is 18.0. The van der Waals surface area contributed by atoms with Crippen LogP contribution in [0.25, 0.3) is 21.6 Å². The van der Waals surface area contributed by atoms with Crippen molar-refractivity contribution >= 4 is 27.4 Å². The maximum atomic E-state index is 9.72. The van der Waals surface area contributed by atoms with Gasteiger partial charge < -0.3 is 10.0 Å². The van der Waals surface area contributed by atoms with Crippen LogP contribution in [0.5, 0.6) is 0 Å². The van der Waals surface area contributed by atoms with Crippen molar-refractivity contribution in [2.24, 2.45) is 11.8 Å². The van der Waals surface area contributed by atoms with Gasteiger partial charge in [0.1, 0.15) is 10.6 Å². The molecule has 0 amide bonds. The highest BCUT2D eigenvalue weighted by Crippen LogP contribution is 2.42. The predicted molar refractivity (Wildman–Crippen MR) is 114 cm³/mol. The van der Waals surface area contributed by atoms with E-state index in [4.69, 9.17) is 9.97 Å². The van der Waals surface area contributed by atoms with Gasteiger partial charge in [0.2, 0.25) is 0 Å². The number of thiophene rings is 1. The Kier molecular flexibility index (Phi) is 4.77. The van der Waals surface area contributed by atoms with Gasteiger partial charge in [-0.15, -0.1) is 11.3 Å². The molecule has 0 aromatic carbocycles. The number of aromatic nitrogens is 3. The topological polar surface area (TPSA) is 62.1 Å². The highest BCUT2D eigenvalue weighted by molar-refractivity contribution is 7.19. The zero-order chi connectivity index (χ0) is 19.1. The van der Waals surface area contributed by atoms with Gasteiger partial charge in [0, 0.05) is 42.5 Å². The third-order valence-electron chi connectivity index (χ3n) is 6.13. The number of nitrogens with zero attached hydrogens (tertiary/aromatic N) is 4. The van der Waals surface area contributed by atoms with Crippen molar-refractivity contribution in [3.05, 3.63) is 35.0 Å². The normalized spacial score (nSPS) is 22.4. The number of hydrogen-bond donors (Lipinski definition) is 1. The van der Waals surface area contributed by atoms with Crippen LogP contribution < -0.4 is 4.90 Å². The first-order valence-electron chi connectivity index (χ1n) is 10.3. The van der Waals surface area contributed by atoms with Gasteiger partial charge >= 0.3 is 0 Å². The minimum atomic E-state index is 0.249. The molecule has 5 rings (SSSR count). The summed E-state index contributed by atoms with van der Waals surface area (Å²) in [6, 6.07) is 3.96. The van der Waals surface area contributed by atoms with E-state index in [0.29, 0.717) is 5.92 Å². The van der Waals surface area contributed by atoms with Crippen LogP contribution in [0.15, 0.2) is 24.5 Å². The summed E-state index contributed by atoms with van der Waals surface area (Å²) in [5, 5.41) is 11.0. The van der Waals surface area contributed by atoms with Gasteiger partial charge in [0.25, 0.3) is 0 Å². The summed E-state index contributed by atoms with van der Waals surface area (Å²) >= 11 is 1.85. The van der Waals surface area contributed by atoms with Crippen LogP contribution in [0.2, 0.25) is 0 Å². The Morgan fingerprint density at radius 1 is 1.29 bits per heavy atom. The van der Waals surface area contributed by atoms with E-state index in [1.165, 1.54) is 22.2 Å². The van der Waals surface area contributed by atoms with Crippen LogP contribution in [0.4, 0.5) is 5.82 Å². The number of aliphatic hydroxyl groups excluding tert-OH is 1. The minimum Gasteiger partial charge on any atom is -0.396 e. The number of fused-ring (bicyclic) bond motifs is 3. The number of rotatable bonds is 3. The summed E-state index contributed by atoms with van der Waals surface area (Å²) in [6.07, 6.45) is 9.33. The molecule has 3 aromatic heterocycles. The smallest absolute Gasteiger partial charge is 0.164 e. The lowest BCUT2D eigenvalue weighted by Crippen LogP contribution is -2.37. The molecule has 3 aromatic rings. The maximum absolute atomic E-state index is 9.72. The lowest BCUT2D eigenvalue weighted by Gasteiger charge is -2.33. The standard InChI is InChI=1S/C22H26N4OS/c1-14-6-7-17-18(10-14)28-22-19(17)21(26-9-3-4-15(12-26)13-27)24-20(25-22)16-5-2-8-23-11-16/h2,5,8,11,14-15,27H,3-4,6-7,9-10,12-13H2,1H3/t14-,15-/m0/s1. The predicted octanol–water partition coefficient (Wildman–Crippen LogP) is 4.09. The highest BCUT2D eigenvalue weighted by Gasteiger charge is 2.28. The van der Waals surface area contributed by atoms with E-state index in [9.17, 15) is 5.11 Å². The van der Waals surface area contributed by atoms with Crippen molar-refractivity contribution in [1.29, 1.82) is 0 Å². The summed E-state index contributed by atoms with van der Waals surface area (Å²) in [4.78, 5) is 19.3. The highest BCUT2D eigenvalue weighted by atomic mass is 32.1. The third-order valence-corrected chi connectivity index (χ3v) is 7.28. The Hall–Kier alpha value is -2.05. The largest absolute Gasteiger partial charge is 0.396 e. The van der Waals surface area contributed by atoms with Gasteiger partial charge in [-0.25, -0.2) is 9.97 Å². The van der Waals surface area contributed by atoms with Crippen LogP contribution in [0.1, 0.15) is 36.6 Å². The SMILES string of the molecule is C[C@H]1CCc2c(sc3nc(-c4cccnc4)nc(N4CCC[C@H](CO)C4)c23)C1. The van der Waals surface area contributed by atoms with Crippen molar-refractivity contribution in [2.45, 2.75) is 39.0 Å². The van der Waals surface area contributed by atoms with E-state index in [1.54, 1.807) is 6.20 Å². The number of pyridine rings is 1. The number of hydrogen-bond acceptors (Lipinski definition) is 6. The van der Waals surface area contributed by atoms with E-state index >= 15 is 0 Å². The molecular weight excluding hydrogens is 368 g/mol. The fraction of sp³-hybridized carbons (Fsp3) is 0.500. The van der Waals surface area contributed by atoms with Crippen molar-refractivity contribution in [3.63, 3.8) is 0 Å². The number of aryl methyl sites for hydroxylation is 1. The molecule has 0 unspecified atom stereocenters. The molecule has 1 saturated heterocycles. The molecule has 1 fully saturated rings. The second kappa shape index (κ2) is 7.41. The van der Waals surface area contributed by atoms with Crippen molar-refractivity contribution in [1.82, 2.24) is 15.0 Å². The molecule has 2 aliphatic rings. The molecule has 28 heavy (non-hydrogen) atoms. The second-order valence-corrected chi connectivity index (χ2v) is 9.36. The Morgan fingerprint density at radius 2 is 2.21 bits per heavy atom. The lowest BCUT2D eigenvalue weighted by atomic mass is 9.89. The zero-order valence-electron chi connectivity index (χ0n) is 16.3. The molecule has 0 saturated carbocycles. The van der Waals surface area contributed by atoms with Gasteiger partial charge in [0.05, 0.1) is 5.39 Å². The monoisotopic (exact) mass is 394 g/mol. The molecule has 1 aliphatic heterocycles. The fourth-order valence-electron chi connectivity index (χ4n) is 4.58. The lowest BCUT2D eigenvalue weighted by molar-refractivity contribution is 0.208. The van der Waals surface area contributed by atoms with Crippen molar-refractivity contribution < 1.29 is 5.11 Å². The van der Waals surface area contributed by atoms with Crippen molar-refractivity contribution in [3.8, 4) is 11.4 Å². The van der Waals surface area contributed by atoms with Crippen molar-refractivity contribution in [2.75, 3.05) is 24.6 Å². The molecule has 5 nitrogen and oxygen atoms in total. The van der Waals surface area contributed by atoms with Crippen LogP contribution in [-0.4, -0.2) is 39.8 Å². The Labute approximate surface area is 169 Å². The Balaban J connectivity index is 1.68. The Morgan fingerprint density at radius 3 is 3.04 bits per heavy atom. The zero-order valence-corrected chi connectivity index (χ0v) is 17.1. The number of piperidine rings is 1. The summed E-state index contributed by atoms with van der Waals surface area (Å²) < 4.78 is 0. The summed E-state index contributed by atoms with van der Waals surface area (Å²) in [6.45, 7) is 4.46. The summed E-state index contributed by atoms with van der Waals surface area (Å²) in [5.74, 6) is 2.89. The van der Waals surface area contributed by atoms with E-state index in [0.717, 1.165) is 66.7 Å². The quantitative estimate of drug-likeness (QED) is 0.725.